The summed E-state index contributed by atoms with van der Waals surface area (Å²) in [4.78, 5) is 17.9. The number of morpholine rings is 1. The van der Waals surface area contributed by atoms with E-state index in [9.17, 15) is 4.79 Å². The van der Waals surface area contributed by atoms with Gasteiger partial charge in [0.15, 0.2) is 0 Å². The molecule has 0 atom stereocenters. The molecule has 1 fully saturated rings. The molecule has 0 aliphatic carbocycles. The summed E-state index contributed by atoms with van der Waals surface area (Å²) in [6.07, 6.45) is 1.74. The van der Waals surface area contributed by atoms with Crippen LogP contribution in [0.1, 0.15) is 5.56 Å². The van der Waals surface area contributed by atoms with Crippen molar-refractivity contribution in [3.63, 3.8) is 0 Å². The maximum Gasteiger partial charge on any atom is 0.239 e. The Hall–Kier alpha value is -1.46. The highest BCUT2D eigenvalue weighted by Gasteiger charge is 2.14. The number of aromatic nitrogens is 1. The lowest BCUT2D eigenvalue weighted by atomic mass is 10.3. The van der Waals surface area contributed by atoms with Gasteiger partial charge in [-0.05, 0) is 18.6 Å². The van der Waals surface area contributed by atoms with Crippen molar-refractivity contribution in [1.82, 2.24) is 9.88 Å². The SMILES string of the molecule is Cc1ccc(NC(=O)CN2CCOCC2)nc1. The van der Waals surface area contributed by atoms with Gasteiger partial charge in [0.05, 0.1) is 19.8 Å². The molecule has 92 valence electrons. The highest BCUT2D eigenvalue weighted by atomic mass is 16.5. The van der Waals surface area contributed by atoms with Crippen LogP contribution in [0, 0.1) is 6.92 Å². The lowest BCUT2D eigenvalue weighted by Crippen LogP contribution is -2.41. The molecule has 0 radical (unpaired) electrons. The van der Waals surface area contributed by atoms with E-state index in [-0.39, 0.29) is 5.91 Å². The lowest BCUT2D eigenvalue weighted by molar-refractivity contribution is -0.118. The van der Waals surface area contributed by atoms with Gasteiger partial charge < -0.3 is 10.1 Å². The number of nitrogens with zero attached hydrogens (tertiary/aromatic N) is 2. The van der Waals surface area contributed by atoms with Crippen LogP contribution in [-0.4, -0.2) is 48.6 Å². The van der Waals surface area contributed by atoms with E-state index in [1.54, 1.807) is 6.20 Å². The summed E-state index contributed by atoms with van der Waals surface area (Å²) in [6.45, 7) is 5.40. The summed E-state index contributed by atoms with van der Waals surface area (Å²) in [6, 6.07) is 3.74. The zero-order valence-electron chi connectivity index (χ0n) is 9.98. The Labute approximate surface area is 101 Å². The van der Waals surface area contributed by atoms with Gasteiger partial charge >= 0.3 is 0 Å². The molecule has 1 saturated heterocycles. The van der Waals surface area contributed by atoms with Gasteiger partial charge in [-0.15, -0.1) is 0 Å². The first kappa shape index (κ1) is 12.0. The minimum absolute atomic E-state index is 0.0248. The standard InChI is InChI=1S/C12H17N3O2/c1-10-2-3-11(13-8-10)14-12(16)9-15-4-6-17-7-5-15/h2-3,8H,4-7,9H2,1H3,(H,13,14,16). The maximum atomic E-state index is 11.7. The third kappa shape index (κ3) is 3.80. The average Bonchev–Trinajstić information content (AvgIpc) is 2.33. The predicted molar refractivity (Wildman–Crippen MR) is 64.9 cm³/mol. The minimum atomic E-state index is -0.0248. The predicted octanol–water partition coefficient (Wildman–Crippen LogP) is 0.661. The second-order valence-electron chi connectivity index (χ2n) is 4.16. The molecule has 5 nitrogen and oxygen atoms in total. The lowest BCUT2D eigenvalue weighted by Gasteiger charge is -2.25. The number of amides is 1. The van der Waals surface area contributed by atoms with Gasteiger partial charge in [-0.25, -0.2) is 4.98 Å². The number of aryl methyl sites for hydroxylation is 1. The van der Waals surface area contributed by atoms with Crippen molar-refractivity contribution in [3.8, 4) is 0 Å². The molecule has 1 aliphatic heterocycles. The average molecular weight is 235 g/mol. The van der Waals surface area contributed by atoms with E-state index in [4.69, 9.17) is 4.74 Å². The zero-order valence-corrected chi connectivity index (χ0v) is 9.98. The fraction of sp³-hybridized carbons (Fsp3) is 0.500. The fourth-order valence-electron chi connectivity index (χ4n) is 1.69. The van der Waals surface area contributed by atoms with Gasteiger partial charge in [-0.3, -0.25) is 9.69 Å². The molecule has 1 N–H and O–H groups in total. The number of rotatable bonds is 3. The van der Waals surface area contributed by atoms with E-state index < -0.39 is 0 Å². The number of ether oxygens (including phenoxy) is 1. The van der Waals surface area contributed by atoms with Gasteiger partial charge in [-0.1, -0.05) is 6.07 Å². The van der Waals surface area contributed by atoms with Crippen LogP contribution in [0.2, 0.25) is 0 Å². The summed E-state index contributed by atoms with van der Waals surface area (Å²) in [5.74, 6) is 0.581. The zero-order chi connectivity index (χ0) is 12.1. The van der Waals surface area contributed by atoms with Crippen LogP contribution in [0.5, 0.6) is 0 Å². The van der Waals surface area contributed by atoms with Gasteiger partial charge in [0, 0.05) is 19.3 Å². The summed E-state index contributed by atoms with van der Waals surface area (Å²) in [5, 5.41) is 2.78. The normalized spacial score (nSPS) is 16.8. The molecular formula is C12H17N3O2. The molecule has 1 aliphatic rings. The van der Waals surface area contributed by atoms with Crippen molar-refractivity contribution < 1.29 is 9.53 Å². The molecule has 5 heteroatoms. The van der Waals surface area contributed by atoms with Gasteiger partial charge in [-0.2, -0.15) is 0 Å². The van der Waals surface area contributed by atoms with Gasteiger partial charge in [0.25, 0.3) is 0 Å². The van der Waals surface area contributed by atoms with Crippen molar-refractivity contribution in [2.45, 2.75) is 6.92 Å². The van der Waals surface area contributed by atoms with E-state index in [0.29, 0.717) is 25.6 Å². The summed E-state index contributed by atoms with van der Waals surface area (Å²) >= 11 is 0. The van der Waals surface area contributed by atoms with E-state index in [1.165, 1.54) is 0 Å². The van der Waals surface area contributed by atoms with Crippen molar-refractivity contribution in [2.75, 3.05) is 38.2 Å². The molecule has 2 heterocycles. The van der Waals surface area contributed by atoms with Crippen LogP contribution in [-0.2, 0) is 9.53 Å². The quantitative estimate of drug-likeness (QED) is 0.836. The number of anilines is 1. The molecule has 0 bridgehead atoms. The number of hydrogen-bond acceptors (Lipinski definition) is 4. The molecule has 0 unspecified atom stereocenters. The van der Waals surface area contributed by atoms with Crippen molar-refractivity contribution >= 4 is 11.7 Å². The van der Waals surface area contributed by atoms with Gasteiger partial charge in [0.1, 0.15) is 5.82 Å². The molecule has 2 rings (SSSR count). The van der Waals surface area contributed by atoms with E-state index >= 15 is 0 Å². The topological polar surface area (TPSA) is 54.5 Å². The number of pyridine rings is 1. The molecule has 1 aromatic rings. The van der Waals surface area contributed by atoms with E-state index in [2.05, 4.69) is 15.2 Å². The van der Waals surface area contributed by atoms with E-state index in [0.717, 1.165) is 18.7 Å². The number of carbonyl (C=O) groups excluding carboxylic acids is 1. The monoisotopic (exact) mass is 235 g/mol. The van der Waals surface area contributed by atoms with Crippen LogP contribution < -0.4 is 5.32 Å². The van der Waals surface area contributed by atoms with Crippen LogP contribution in [0.15, 0.2) is 18.3 Å². The fourth-order valence-corrected chi connectivity index (χ4v) is 1.69. The number of carbonyl (C=O) groups is 1. The minimum Gasteiger partial charge on any atom is -0.379 e. The molecule has 1 amide bonds. The van der Waals surface area contributed by atoms with Crippen LogP contribution >= 0.6 is 0 Å². The van der Waals surface area contributed by atoms with Crippen molar-refractivity contribution in [2.24, 2.45) is 0 Å². The summed E-state index contributed by atoms with van der Waals surface area (Å²) in [5.41, 5.74) is 1.08. The van der Waals surface area contributed by atoms with Crippen molar-refractivity contribution in [1.29, 1.82) is 0 Å². The molecule has 0 aromatic carbocycles. The second kappa shape index (κ2) is 5.75. The third-order valence-corrected chi connectivity index (χ3v) is 2.65. The maximum absolute atomic E-state index is 11.7. The first-order chi connectivity index (χ1) is 8.24. The van der Waals surface area contributed by atoms with Crippen LogP contribution in [0.3, 0.4) is 0 Å². The summed E-state index contributed by atoms with van der Waals surface area (Å²) < 4.78 is 5.23. The first-order valence-corrected chi connectivity index (χ1v) is 5.76. The molecule has 17 heavy (non-hydrogen) atoms. The Morgan fingerprint density at radius 2 is 2.24 bits per heavy atom. The third-order valence-electron chi connectivity index (χ3n) is 2.65. The van der Waals surface area contributed by atoms with Crippen molar-refractivity contribution in [3.05, 3.63) is 23.9 Å². The Balaban J connectivity index is 1.82. The van der Waals surface area contributed by atoms with E-state index in [1.807, 2.05) is 19.1 Å². The van der Waals surface area contributed by atoms with Gasteiger partial charge in [0.2, 0.25) is 5.91 Å². The Bertz CT molecular complexity index is 372. The first-order valence-electron chi connectivity index (χ1n) is 5.76. The molecule has 1 aromatic heterocycles. The number of hydrogen-bond donors (Lipinski definition) is 1. The molecule has 0 saturated carbocycles. The highest BCUT2D eigenvalue weighted by molar-refractivity contribution is 5.91. The Morgan fingerprint density at radius 1 is 1.47 bits per heavy atom. The molecule has 0 spiro atoms. The van der Waals surface area contributed by atoms with Crippen LogP contribution in [0.4, 0.5) is 5.82 Å². The Morgan fingerprint density at radius 3 is 2.88 bits per heavy atom. The molecular weight excluding hydrogens is 218 g/mol. The number of nitrogens with one attached hydrogen (secondary N) is 1. The summed E-state index contributed by atoms with van der Waals surface area (Å²) in [7, 11) is 0. The smallest absolute Gasteiger partial charge is 0.239 e. The largest absolute Gasteiger partial charge is 0.379 e. The van der Waals surface area contributed by atoms with Crippen LogP contribution in [0.25, 0.3) is 0 Å². The highest BCUT2D eigenvalue weighted by Crippen LogP contribution is 2.04. The second-order valence-corrected chi connectivity index (χ2v) is 4.16. The Kier molecular flexibility index (Phi) is 4.06.